The van der Waals surface area contributed by atoms with Crippen molar-refractivity contribution in [2.75, 3.05) is 20.2 Å². The summed E-state index contributed by atoms with van der Waals surface area (Å²) in [5, 5.41) is 12.5. The molecule has 0 spiro atoms. The monoisotopic (exact) mass is 183 g/mol. The maximum atomic E-state index is 11.6. The molecule has 72 valence electrons. The van der Waals surface area contributed by atoms with Crippen molar-refractivity contribution in [2.45, 2.75) is 0 Å². The summed E-state index contributed by atoms with van der Waals surface area (Å²) >= 11 is 0. The van der Waals surface area contributed by atoms with E-state index in [4.69, 9.17) is 5.11 Å². The van der Waals surface area contributed by atoms with Gasteiger partial charge in [0.05, 0.1) is 6.61 Å². The molecule has 0 aromatic carbocycles. The smallest absolute Gasteiger partial charge is 0.271 e. The molecular weight excluding hydrogens is 170 g/mol. The molecule has 0 atom stereocenters. The quantitative estimate of drug-likeness (QED) is 0.686. The van der Waals surface area contributed by atoms with Gasteiger partial charge in [-0.15, -0.1) is 0 Å². The van der Waals surface area contributed by atoms with Gasteiger partial charge in [-0.05, 0) is 6.07 Å². The van der Waals surface area contributed by atoms with Gasteiger partial charge in [0.1, 0.15) is 5.69 Å². The van der Waals surface area contributed by atoms with E-state index in [2.05, 4.69) is 5.10 Å². The number of amides is 1. The van der Waals surface area contributed by atoms with E-state index in [0.29, 0.717) is 12.2 Å². The van der Waals surface area contributed by atoms with Gasteiger partial charge in [0, 0.05) is 26.8 Å². The van der Waals surface area contributed by atoms with Crippen LogP contribution in [0.2, 0.25) is 0 Å². The van der Waals surface area contributed by atoms with Crippen molar-refractivity contribution in [2.24, 2.45) is 7.05 Å². The Morgan fingerprint density at radius 3 is 2.92 bits per heavy atom. The number of aliphatic hydroxyl groups is 1. The molecule has 5 heteroatoms. The Bertz CT molecular complexity index is 295. The fourth-order valence-corrected chi connectivity index (χ4v) is 1.03. The van der Waals surface area contributed by atoms with Gasteiger partial charge >= 0.3 is 0 Å². The maximum absolute atomic E-state index is 11.6. The highest BCUT2D eigenvalue weighted by Gasteiger charge is 2.13. The van der Waals surface area contributed by atoms with Crippen LogP contribution in [-0.4, -0.2) is 45.9 Å². The molecule has 0 radical (unpaired) electrons. The van der Waals surface area contributed by atoms with Gasteiger partial charge in [0.15, 0.2) is 0 Å². The lowest BCUT2D eigenvalue weighted by Gasteiger charge is -2.15. The normalized spacial score (nSPS) is 10.1. The first-order valence-electron chi connectivity index (χ1n) is 4.01. The highest BCUT2D eigenvalue weighted by molar-refractivity contribution is 5.92. The van der Waals surface area contributed by atoms with Crippen molar-refractivity contribution in [3.63, 3.8) is 0 Å². The van der Waals surface area contributed by atoms with Crippen LogP contribution in [0, 0.1) is 0 Å². The topological polar surface area (TPSA) is 58.4 Å². The molecule has 1 N–H and O–H groups in total. The average Bonchev–Trinajstić information content (AvgIpc) is 2.50. The molecule has 0 saturated carbocycles. The zero-order valence-electron chi connectivity index (χ0n) is 7.77. The van der Waals surface area contributed by atoms with Gasteiger partial charge in [-0.2, -0.15) is 5.10 Å². The van der Waals surface area contributed by atoms with Gasteiger partial charge in [-0.25, -0.2) is 0 Å². The molecule has 0 unspecified atom stereocenters. The summed E-state index contributed by atoms with van der Waals surface area (Å²) in [6.07, 6.45) is 1.57. The third kappa shape index (κ3) is 2.06. The van der Waals surface area contributed by atoms with Crippen LogP contribution in [0.3, 0.4) is 0 Å². The van der Waals surface area contributed by atoms with E-state index in [9.17, 15) is 4.79 Å². The predicted molar refractivity (Wildman–Crippen MR) is 47.3 cm³/mol. The number of rotatable bonds is 3. The van der Waals surface area contributed by atoms with Gasteiger partial charge in [0.2, 0.25) is 0 Å². The van der Waals surface area contributed by atoms with Gasteiger partial charge in [0.25, 0.3) is 5.91 Å². The van der Waals surface area contributed by atoms with Crippen molar-refractivity contribution in [1.29, 1.82) is 0 Å². The molecule has 0 bridgehead atoms. The van der Waals surface area contributed by atoms with Crippen LogP contribution in [0.15, 0.2) is 12.3 Å². The Morgan fingerprint density at radius 2 is 2.46 bits per heavy atom. The maximum Gasteiger partial charge on any atom is 0.271 e. The number of nitrogens with zero attached hydrogens (tertiary/aromatic N) is 3. The lowest BCUT2D eigenvalue weighted by molar-refractivity contribution is 0.0756. The van der Waals surface area contributed by atoms with Crippen molar-refractivity contribution in [3.05, 3.63) is 18.0 Å². The zero-order valence-corrected chi connectivity index (χ0v) is 7.77. The molecule has 1 aromatic rings. The predicted octanol–water partition coefficient (Wildman–Crippen LogP) is -0.516. The Balaban J connectivity index is 2.73. The third-order valence-corrected chi connectivity index (χ3v) is 1.82. The number of hydrogen-bond donors (Lipinski definition) is 1. The highest BCUT2D eigenvalue weighted by atomic mass is 16.3. The van der Waals surface area contributed by atoms with Crippen molar-refractivity contribution in [3.8, 4) is 0 Å². The SMILES string of the molecule is CN(CCO)C(=O)c1ccnn1C. The van der Waals surface area contributed by atoms with E-state index in [1.54, 1.807) is 26.4 Å². The van der Waals surface area contributed by atoms with Crippen molar-refractivity contribution in [1.82, 2.24) is 14.7 Å². The molecule has 1 amide bonds. The summed E-state index contributed by atoms with van der Waals surface area (Å²) in [6.45, 7) is 0.310. The molecule has 1 rings (SSSR count). The number of likely N-dealkylation sites (N-methyl/N-ethyl adjacent to an activating group) is 1. The minimum absolute atomic E-state index is 0.0277. The van der Waals surface area contributed by atoms with Crippen LogP contribution in [-0.2, 0) is 7.05 Å². The van der Waals surface area contributed by atoms with Gasteiger partial charge < -0.3 is 10.0 Å². The number of aryl methyl sites for hydroxylation is 1. The fourth-order valence-electron chi connectivity index (χ4n) is 1.03. The highest BCUT2D eigenvalue weighted by Crippen LogP contribution is 2.00. The van der Waals surface area contributed by atoms with Crippen LogP contribution >= 0.6 is 0 Å². The van der Waals surface area contributed by atoms with Crippen LogP contribution in [0.4, 0.5) is 0 Å². The Kier molecular flexibility index (Phi) is 3.02. The Morgan fingerprint density at radius 1 is 1.77 bits per heavy atom. The van der Waals surface area contributed by atoms with Gasteiger partial charge in [-0.1, -0.05) is 0 Å². The van der Waals surface area contributed by atoms with E-state index in [1.807, 2.05) is 0 Å². The minimum Gasteiger partial charge on any atom is -0.395 e. The van der Waals surface area contributed by atoms with E-state index in [-0.39, 0.29) is 12.5 Å². The number of carbonyl (C=O) groups excluding carboxylic acids is 1. The second kappa shape index (κ2) is 4.04. The third-order valence-electron chi connectivity index (χ3n) is 1.82. The van der Waals surface area contributed by atoms with Crippen molar-refractivity contribution >= 4 is 5.91 Å². The standard InChI is InChI=1S/C8H13N3O2/c1-10(5-6-12)8(13)7-3-4-9-11(7)2/h3-4,12H,5-6H2,1-2H3. The second-order valence-corrected chi connectivity index (χ2v) is 2.79. The van der Waals surface area contributed by atoms with E-state index >= 15 is 0 Å². The molecule has 1 aromatic heterocycles. The lowest BCUT2D eigenvalue weighted by atomic mass is 10.3. The van der Waals surface area contributed by atoms with Crippen molar-refractivity contribution < 1.29 is 9.90 Å². The molecule has 0 aliphatic rings. The molecular formula is C8H13N3O2. The van der Waals surface area contributed by atoms with E-state index in [1.165, 1.54) is 9.58 Å². The number of hydrogen-bond acceptors (Lipinski definition) is 3. The first-order valence-corrected chi connectivity index (χ1v) is 4.01. The summed E-state index contributed by atoms with van der Waals surface area (Å²) in [7, 11) is 3.35. The van der Waals surface area contributed by atoms with Crippen LogP contribution in [0.1, 0.15) is 10.5 Å². The minimum atomic E-state index is -0.131. The Labute approximate surface area is 76.6 Å². The molecule has 0 fully saturated rings. The molecule has 0 aliphatic carbocycles. The summed E-state index contributed by atoms with van der Waals surface area (Å²) in [5.74, 6) is -0.131. The number of aliphatic hydroxyl groups excluding tert-OH is 1. The Hall–Kier alpha value is -1.36. The van der Waals surface area contributed by atoms with Crippen LogP contribution < -0.4 is 0 Å². The van der Waals surface area contributed by atoms with E-state index in [0.717, 1.165) is 0 Å². The fraction of sp³-hybridized carbons (Fsp3) is 0.500. The zero-order chi connectivity index (χ0) is 9.84. The lowest BCUT2D eigenvalue weighted by Crippen LogP contribution is -2.30. The molecule has 5 nitrogen and oxygen atoms in total. The largest absolute Gasteiger partial charge is 0.395 e. The number of carbonyl (C=O) groups is 1. The molecule has 0 saturated heterocycles. The second-order valence-electron chi connectivity index (χ2n) is 2.79. The molecule has 1 heterocycles. The molecule has 0 aliphatic heterocycles. The first-order chi connectivity index (χ1) is 6.16. The average molecular weight is 183 g/mol. The number of aromatic nitrogens is 2. The summed E-state index contributed by atoms with van der Waals surface area (Å²) in [6, 6.07) is 1.65. The van der Waals surface area contributed by atoms with E-state index < -0.39 is 0 Å². The summed E-state index contributed by atoms with van der Waals surface area (Å²) in [5.41, 5.74) is 0.524. The van der Waals surface area contributed by atoms with Gasteiger partial charge in [-0.3, -0.25) is 9.48 Å². The summed E-state index contributed by atoms with van der Waals surface area (Å²) < 4.78 is 1.51. The van der Waals surface area contributed by atoms with Crippen LogP contribution in [0.25, 0.3) is 0 Å². The molecule has 13 heavy (non-hydrogen) atoms. The summed E-state index contributed by atoms with van der Waals surface area (Å²) in [4.78, 5) is 13.0. The first kappa shape index (κ1) is 9.73. The van der Waals surface area contributed by atoms with Crippen LogP contribution in [0.5, 0.6) is 0 Å².